The lowest BCUT2D eigenvalue weighted by molar-refractivity contribution is -0.136. The number of rotatable bonds is 4. The Bertz CT molecular complexity index is 861. The van der Waals surface area contributed by atoms with Gasteiger partial charge in [0.2, 0.25) is 5.91 Å². The molecule has 29 heavy (non-hydrogen) atoms. The molecule has 5 rings (SSSR count). The molecule has 0 N–H and O–H groups in total. The van der Waals surface area contributed by atoms with Crippen molar-refractivity contribution in [1.29, 1.82) is 0 Å². The van der Waals surface area contributed by atoms with Crippen LogP contribution in [0.15, 0.2) is 34.9 Å². The summed E-state index contributed by atoms with van der Waals surface area (Å²) < 4.78 is 5.58. The minimum absolute atomic E-state index is 0.233. The molecule has 5 nitrogen and oxygen atoms in total. The largest absolute Gasteiger partial charge is 0.356 e. The lowest BCUT2D eigenvalue weighted by Gasteiger charge is -2.41. The van der Waals surface area contributed by atoms with Crippen LogP contribution in [0, 0.1) is 0 Å². The standard InChI is InChI=1S/C23H28ClN3O2/c24-18-8-6-17(7-9-18)20-16-21(25-29-20)23(10-11-23)22(28)27-14-12-26(13-15-27)19-4-2-1-3-5-19/h6-9,16,19H,1-5,10-15H2. The van der Waals surface area contributed by atoms with E-state index in [-0.39, 0.29) is 5.91 Å². The summed E-state index contributed by atoms with van der Waals surface area (Å²) in [6.45, 7) is 3.67. The maximum absolute atomic E-state index is 13.4. The summed E-state index contributed by atoms with van der Waals surface area (Å²) in [6, 6.07) is 10.2. The van der Waals surface area contributed by atoms with Gasteiger partial charge in [0.25, 0.3) is 0 Å². The molecule has 0 atom stereocenters. The third kappa shape index (κ3) is 3.71. The summed E-state index contributed by atoms with van der Waals surface area (Å²) in [6.07, 6.45) is 8.47. The van der Waals surface area contributed by atoms with E-state index in [0.29, 0.717) is 10.8 Å². The molecule has 1 saturated heterocycles. The van der Waals surface area contributed by atoms with Gasteiger partial charge < -0.3 is 9.42 Å². The number of aromatic nitrogens is 1. The van der Waals surface area contributed by atoms with Crippen molar-refractivity contribution in [1.82, 2.24) is 15.0 Å². The van der Waals surface area contributed by atoms with Gasteiger partial charge >= 0.3 is 0 Å². The number of nitrogens with zero attached hydrogens (tertiary/aromatic N) is 3. The van der Waals surface area contributed by atoms with Gasteiger partial charge in [-0.2, -0.15) is 0 Å². The molecule has 2 saturated carbocycles. The molecule has 0 radical (unpaired) electrons. The monoisotopic (exact) mass is 413 g/mol. The van der Waals surface area contributed by atoms with Crippen LogP contribution in [-0.2, 0) is 10.2 Å². The molecule has 2 heterocycles. The van der Waals surface area contributed by atoms with Gasteiger partial charge in [-0.1, -0.05) is 36.0 Å². The van der Waals surface area contributed by atoms with Gasteiger partial charge in [-0.25, -0.2) is 0 Å². The summed E-state index contributed by atoms with van der Waals surface area (Å²) in [5.41, 5.74) is 1.24. The molecule has 0 unspecified atom stereocenters. The maximum Gasteiger partial charge on any atom is 0.235 e. The number of benzene rings is 1. The van der Waals surface area contributed by atoms with Gasteiger partial charge in [0.1, 0.15) is 0 Å². The molecule has 3 fully saturated rings. The first kappa shape index (κ1) is 19.1. The zero-order valence-electron chi connectivity index (χ0n) is 16.8. The van der Waals surface area contributed by atoms with E-state index >= 15 is 0 Å². The number of hydrogen-bond acceptors (Lipinski definition) is 4. The van der Waals surface area contributed by atoms with Crippen molar-refractivity contribution in [3.8, 4) is 11.3 Å². The topological polar surface area (TPSA) is 49.6 Å². The van der Waals surface area contributed by atoms with E-state index in [1.54, 1.807) is 0 Å². The Hall–Kier alpha value is -1.85. The molecular weight excluding hydrogens is 386 g/mol. The van der Waals surface area contributed by atoms with E-state index in [4.69, 9.17) is 16.1 Å². The first-order valence-corrected chi connectivity index (χ1v) is 11.3. The molecule has 1 amide bonds. The van der Waals surface area contributed by atoms with E-state index in [1.807, 2.05) is 30.3 Å². The van der Waals surface area contributed by atoms with E-state index in [9.17, 15) is 4.79 Å². The van der Waals surface area contributed by atoms with Crippen molar-refractivity contribution >= 4 is 17.5 Å². The molecule has 1 aromatic carbocycles. The smallest absolute Gasteiger partial charge is 0.235 e. The third-order valence-electron chi connectivity index (χ3n) is 6.98. The second kappa shape index (κ2) is 7.77. The van der Waals surface area contributed by atoms with Crippen LogP contribution < -0.4 is 0 Å². The average molecular weight is 414 g/mol. The van der Waals surface area contributed by atoms with Crippen LogP contribution >= 0.6 is 11.6 Å². The normalized spacial score (nSPS) is 22.6. The fraction of sp³-hybridized carbons (Fsp3) is 0.565. The minimum Gasteiger partial charge on any atom is -0.356 e. The van der Waals surface area contributed by atoms with Crippen molar-refractivity contribution in [2.75, 3.05) is 26.2 Å². The molecule has 0 spiro atoms. The van der Waals surface area contributed by atoms with Gasteiger partial charge in [-0.05, 0) is 49.9 Å². The number of piperazine rings is 1. The third-order valence-corrected chi connectivity index (χ3v) is 7.23. The Balaban J connectivity index is 1.25. The van der Waals surface area contributed by atoms with Crippen molar-refractivity contribution in [2.24, 2.45) is 0 Å². The van der Waals surface area contributed by atoms with Gasteiger partial charge in [-0.15, -0.1) is 0 Å². The van der Waals surface area contributed by atoms with Gasteiger partial charge in [0.05, 0.1) is 11.1 Å². The molecule has 2 aliphatic carbocycles. The highest BCUT2D eigenvalue weighted by atomic mass is 35.5. The molecule has 154 valence electrons. The maximum atomic E-state index is 13.4. The van der Waals surface area contributed by atoms with Crippen LogP contribution in [0.1, 0.15) is 50.6 Å². The summed E-state index contributed by atoms with van der Waals surface area (Å²) in [5.74, 6) is 0.926. The lowest BCUT2D eigenvalue weighted by atomic mass is 9.93. The predicted octanol–water partition coefficient (Wildman–Crippen LogP) is 4.50. The highest BCUT2D eigenvalue weighted by Gasteiger charge is 2.55. The van der Waals surface area contributed by atoms with Crippen LogP contribution in [0.4, 0.5) is 0 Å². The fourth-order valence-corrected chi connectivity index (χ4v) is 5.12. The fourth-order valence-electron chi connectivity index (χ4n) is 4.99. The van der Waals surface area contributed by atoms with Crippen LogP contribution in [0.3, 0.4) is 0 Å². The number of hydrogen-bond donors (Lipinski definition) is 0. The van der Waals surface area contributed by atoms with E-state index in [1.165, 1.54) is 32.1 Å². The number of carbonyl (C=O) groups is 1. The molecule has 3 aliphatic rings. The van der Waals surface area contributed by atoms with E-state index < -0.39 is 5.41 Å². The number of amides is 1. The molecular formula is C23H28ClN3O2. The van der Waals surface area contributed by atoms with Crippen LogP contribution in [0.5, 0.6) is 0 Å². The lowest BCUT2D eigenvalue weighted by Crippen LogP contribution is -2.54. The van der Waals surface area contributed by atoms with Gasteiger partial charge in [-0.3, -0.25) is 9.69 Å². The van der Waals surface area contributed by atoms with Crippen molar-refractivity contribution in [3.63, 3.8) is 0 Å². The van der Waals surface area contributed by atoms with Crippen molar-refractivity contribution in [2.45, 2.75) is 56.4 Å². The van der Waals surface area contributed by atoms with Crippen LogP contribution in [0.25, 0.3) is 11.3 Å². The zero-order chi connectivity index (χ0) is 19.8. The Morgan fingerprint density at radius 3 is 2.38 bits per heavy atom. The Morgan fingerprint density at radius 1 is 1.03 bits per heavy atom. The highest BCUT2D eigenvalue weighted by Crippen LogP contribution is 2.50. The average Bonchev–Trinajstić information content (AvgIpc) is 3.44. The molecule has 0 bridgehead atoms. The molecule has 2 aromatic rings. The number of carbonyl (C=O) groups excluding carboxylic acids is 1. The highest BCUT2D eigenvalue weighted by molar-refractivity contribution is 6.30. The molecule has 1 aliphatic heterocycles. The second-order valence-corrected chi connectivity index (χ2v) is 9.22. The Kier molecular flexibility index (Phi) is 5.12. The number of halogens is 1. The second-order valence-electron chi connectivity index (χ2n) is 8.79. The van der Waals surface area contributed by atoms with E-state index in [0.717, 1.165) is 56.3 Å². The Labute approximate surface area is 177 Å². The van der Waals surface area contributed by atoms with Crippen LogP contribution in [-0.4, -0.2) is 53.1 Å². The summed E-state index contributed by atoms with van der Waals surface area (Å²) in [7, 11) is 0. The van der Waals surface area contributed by atoms with Gasteiger partial charge in [0, 0.05) is 48.9 Å². The van der Waals surface area contributed by atoms with E-state index in [2.05, 4.69) is 15.0 Å². The van der Waals surface area contributed by atoms with Crippen molar-refractivity contribution < 1.29 is 9.32 Å². The minimum atomic E-state index is -0.471. The zero-order valence-corrected chi connectivity index (χ0v) is 17.5. The SMILES string of the molecule is O=C(N1CCN(C2CCCCC2)CC1)C1(c2cc(-c3ccc(Cl)cc3)on2)CC1. The summed E-state index contributed by atoms with van der Waals surface area (Å²) in [5, 5.41) is 4.98. The molecule has 1 aromatic heterocycles. The van der Waals surface area contributed by atoms with Crippen molar-refractivity contribution in [3.05, 3.63) is 41.0 Å². The predicted molar refractivity (Wildman–Crippen MR) is 113 cm³/mol. The molecule has 6 heteroatoms. The quantitative estimate of drug-likeness (QED) is 0.740. The van der Waals surface area contributed by atoms with Gasteiger partial charge in [0.15, 0.2) is 5.76 Å². The first-order valence-electron chi connectivity index (χ1n) is 10.9. The summed E-state index contributed by atoms with van der Waals surface area (Å²) >= 11 is 5.97. The summed E-state index contributed by atoms with van der Waals surface area (Å²) in [4.78, 5) is 18.0. The Morgan fingerprint density at radius 2 is 1.72 bits per heavy atom. The first-order chi connectivity index (χ1) is 14.2. The van der Waals surface area contributed by atoms with Crippen LogP contribution in [0.2, 0.25) is 5.02 Å².